The van der Waals surface area contributed by atoms with Gasteiger partial charge in [0.2, 0.25) is 0 Å². The van der Waals surface area contributed by atoms with E-state index in [1.54, 1.807) is 0 Å². The Bertz CT molecular complexity index is 314. The van der Waals surface area contributed by atoms with Crippen LogP contribution in [0.2, 0.25) is 5.02 Å². The van der Waals surface area contributed by atoms with Crippen molar-refractivity contribution in [2.75, 3.05) is 13.2 Å². The number of aliphatic hydroxyl groups is 1. The SMILES string of the molecule is CC(C)OCC(O)CNCc1ccc(Cl)cc1. The molecule has 0 aliphatic heterocycles. The molecule has 0 saturated heterocycles. The van der Waals surface area contributed by atoms with Crippen LogP contribution in [0.25, 0.3) is 0 Å². The van der Waals surface area contributed by atoms with Crippen molar-refractivity contribution in [2.24, 2.45) is 0 Å². The van der Waals surface area contributed by atoms with Gasteiger partial charge in [-0.3, -0.25) is 0 Å². The molecule has 4 heteroatoms. The normalized spacial score (nSPS) is 13.0. The summed E-state index contributed by atoms with van der Waals surface area (Å²) in [7, 11) is 0. The van der Waals surface area contributed by atoms with E-state index in [1.165, 1.54) is 0 Å². The number of hydrogen-bond acceptors (Lipinski definition) is 3. The molecule has 0 heterocycles. The molecule has 1 aromatic carbocycles. The fourth-order valence-electron chi connectivity index (χ4n) is 1.35. The Hall–Kier alpha value is -0.610. The summed E-state index contributed by atoms with van der Waals surface area (Å²) in [5.74, 6) is 0. The summed E-state index contributed by atoms with van der Waals surface area (Å²) in [4.78, 5) is 0. The molecule has 96 valence electrons. The maximum Gasteiger partial charge on any atom is 0.0897 e. The van der Waals surface area contributed by atoms with Crippen LogP contribution in [-0.4, -0.2) is 30.5 Å². The lowest BCUT2D eigenvalue weighted by molar-refractivity contribution is 0.00630. The topological polar surface area (TPSA) is 41.5 Å². The van der Waals surface area contributed by atoms with Crippen LogP contribution in [0.15, 0.2) is 24.3 Å². The Morgan fingerprint density at radius 3 is 2.53 bits per heavy atom. The quantitative estimate of drug-likeness (QED) is 0.787. The first-order valence-corrected chi connectivity index (χ1v) is 6.20. The zero-order valence-corrected chi connectivity index (χ0v) is 11.1. The molecule has 0 spiro atoms. The van der Waals surface area contributed by atoms with Crippen LogP contribution < -0.4 is 5.32 Å². The van der Waals surface area contributed by atoms with Crippen LogP contribution in [-0.2, 0) is 11.3 Å². The predicted molar refractivity (Wildman–Crippen MR) is 70.3 cm³/mol. The third kappa shape index (κ3) is 6.64. The molecule has 1 rings (SSSR count). The van der Waals surface area contributed by atoms with Crippen molar-refractivity contribution in [3.05, 3.63) is 34.9 Å². The van der Waals surface area contributed by atoms with Crippen molar-refractivity contribution in [3.63, 3.8) is 0 Å². The first-order chi connectivity index (χ1) is 8.08. The molecule has 0 radical (unpaired) electrons. The number of nitrogens with one attached hydrogen (secondary N) is 1. The molecule has 0 saturated carbocycles. The fourth-order valence-corrected chi connectivity index (χ4v) is 1.47. The maximum atomic E-state index is 9.61. The standard InChI is InChI=1S/C13H20ClNO2/c1-10(2)17-9-13(16)8-15-7-11-3-5-12(14)6-4-11/h3-6,10,13,15-16H,7-9H2,1-2H3. The highest BCUT2D eigenvalue weighted by molar-refractivity contribution is 6.30. The Labute approximate surface area is 108 Å². The van der Waals surface area contributed by atoms with Crippen molar-refractivity contribution in [1.82, 2.24) is 5.32 Å². The molecule has 1 unspecified atom stereocenters. The van der Waals surface area contributed by atoms with E-state index >= 15 is 0 Å². The van der Waals surface area contributed by atoms with E-state index in [2.05, 4.69) is 5.32 Å². The molecule has 0 aromatic heterocycles. The third-order valence-electron chi connectivity index (χ3n) is 2.24. The average molecular weight is 258 g/mol. The first-order valence-electron chi connectivity index (χ1n) is 5.82. The largest absolute Gasteiger partial charge is 0.389 e. The van der Waals surface area contributed by atoms with Crippen molar-refractivity contribution < 1.29 is 9.84 Å². The number of ether oxygens (including phenoxy) is 1. The second kappa shape index (κ2) is 7.67. The first kappa shape index (κ1) is 14.5. The third-order valence-corrected chi connectivity index (χ3v) is 2.50. The van der Waals surface area contributed by atoms with E-state index in [0.29, 0.717) is 13.2 Å². The minimum absolute atomic E-state index is 0.154. The van der Waals surface area contributed by atoms with Crippen LogP contribution in [0.3, 0.4) is 0 Å². The van der Waals surface area contributed by atoms with E-state index in [0.717, 1.165) is 17.1 Å². The minimum atomic E-state index is -0.468. The summed E-state index contributed by atoms with van der Waals surface area (Å²) in [6.07, 6.45) is -0.314. The Balaban J connectivity index is 2.16. The van der Waals surface area contributed by atoms with Gasteiger partial charge in [-0.25, -0.2) is 0 Å². The average Bonchev–Trinajstić information content (AvgIpc) is 2.29. The fraction of sp³-hybridized carbons (Fsp3) is 0.538. The van der Waals surface area contributed by atoms with Gasteiger partial charge in [0, 0.05) is 18.1 Å². The van der Waals surface area contributed by atoms with Gasteiger partial charge < -0.3 is 15.2 Å². The highest BCUT2D eigenvalue weighted by Gasteiger charge is 2.04. The number of halogens is 1. The van der Waals surface area contributed by atoms with Crippen LogP contribution in [0.4, 0.5) is 0 Å². The summed E-state index contributed by atoms with van der Waals surface area (Å²) in [5, 5.41) is 13.5. The molecule has 1 atom stereocenters. The summed E-state index contributed by atoms with van der Waals surface area (Å²) >= 11 is 5.79. The van der Waals surface area contributed by atoms with Gasteiger partial charge in [0.15, 0.2) is 0 Å². The Morgan fingerprint density at radius 1 is 1.29 bits per heavy atom. The molecule has 17 heavy (non-hydrogen) atoms. The Morgan fingerprint density at radius 2 is 1.94 bits per heavy atom. The highest BCUT2D eigenvalue weighted by Crippen LogP contribution is 2.09. The van der Waals surface area contributed by atoms with Crippen molar-refractivity contribution in [1.29, 1.82) is 0 Å². The van der Waals surface area contributed by atoms with Gasteiger partial charge in [0.05, 0.1) is 18.8 Å². The molecule has 1 aromatic rings. The lowest BCUT2D eigenvalue weighted by Gasteiger charge is -2.14. The molecule has 0 aliphatic carbocycles. The van der Waals surface area contributed by atoms with Gasteiger partial charge in [-0.2, -0.15) is 0 Å². The smallest absolute Gasteiger partial charge is 0.0897 e. The number of aliphatic hydroxyl groups excluding tert-OH is 1. The molecule has 0 bridgehead atoms. The number of hydrogen-bond donors (Lipinski definition) is 2. The molecule has 0 fully saturated rings. The van der Waals surface area contributed by atoms with Gasteiger partial charge in [0.25, 0.3) is 0 Å². The zero-order chi connectivity index (χ0) is 12.7. The van der Waals surface area contributed by atoms with Crippen LogP contribution in [0.1, 0.15) is 19.4 Å². The van der Waals surface area contributed by atoms with Crippen molar-refractivity contribution in [2.45, 2.75) is 32.6 Å². The van der Waals surface area contributed by atoms with Gasteiger partial charge >= 0.3 is 0 Å². The van der Waals surface area contributed by atoms with Crippen LogP contribution in [0, 0.1) is 0 Å². The maximum absolute atomic E-state index is 9.61. The highest BCUT2D eigenvalue weighted by atomic mass is 35.5. The minimum Gasteiger partial charge on any atom is -0.389 e. The summed E-state index contributed by atoms with van der Waals surface area (Å²) < 4.78 is 5.31. The second-order valence-corrected chi connectivity index (χ2v) is 4.73. The summed E-state index contributed by atoms with van der Waals surface area (Å²) in [6.45, 7) is 5.51. The summed E-state index contributed by atoms with van der Waals surface area (Å²) in [5.41, 5.74) is 1.14. The van der Waals surface area contributed by atoms with Crippen molar-refractivity contribution in [3.8, 4) is 0 Å². The van der Waals surface area contributed by atoms with E-state index in [4.69, 9.17) is 16.3 Å². The second-order valence-electron chi connectivity index (χ2n) is 4.29. The van der Waals surface area contributed by atoms with Gasteiger partial charge in [-0.1, -0.05) is 23.7 Å². The van der Waals surface area contributed by atoms with Gasteiger partial charge in [-0.05, 0) is 31.5 Å². The van der Waals surface area contributed by atoms with Crippen LogP contribution in [0.5, 0.6) is 0 Å². The lowest BCUT2D eigenvalue weighted by Crippen LogP contribution is -2.31. The van der Waals surface area contributed by atoms with Gasteiger partial charge in [0.1, 0.15) is 0 Å². The van der Waals surface area contributed by atoms with Crippen molar-refractivity contribution >= 4 is 11.6 Å². The number of rotatable bonds is 7. The van der Waals surface area contributed by atoms with E-state index < -0.39 is 6.10 Å². The molecule has 2 N–H and O–H groups in total. The lowest BCUT2D eigenvalue weighted by atomic mass is 10.2. The zero-order valence-electron chi connectivity index (χ0n) is 10.3. The molecule has 3 nitrogen and oxygen atoms in total. The molecular weight excluding hydrogens is 238 g/mol. The van der Waals surface area contributed by atoms with E-state index in [9.17, 15) is 5.11 Å². The van der Waals surface area contributed by atoms with Crippen LogP contribution >= 0.6 is 11.6 Å². The predicted octanol–water partition coefficient (Wildman–Crippen LogP) is 2.22. The summed E-state index contributed by atoms with van der Waals surface area (Å²) in [6, 6.07) is 7.65. The molecule has 0 amide bonds. The number of benzene rings is 1. The molecular formula is C13H20ClNO2. The van der Waals surface area contributed by atoms with E-state index in [-0.39, 0.29) is 6.10 Å². The molecule has 0 aliphatic rings. The Kier molecular flexibility index (Phi) is 6.52. The monoisotopic (exact) mass is 257 g/mol. The van der Waals surface area contributed by atoms with Gasteiger partial charge in [-0.15, -0.1) is 0 Å². The van der Waals surface area contributed by atoms with E-state index in [1.807, 2.05) is 38.1 Å².